The minimum atomic E-state index is -4.78. The van der Waals surface area contributed by atoms with Crippen LogP contribution in [0, 0.1) is 0 Å². The number of carboxylic acid groups (broad SMARTS) is 1. The standard InChI is InChI=1S/C29H26ClF6N3O4S/c1-37(18-27(40)41)12-13-38-14-15-39(44(42,43)21-5-2-4-20(17-21)28(31,32)33)26-16-19(9-11-25(26)38)8-10-22-23(29(34,35)36)6-3-7-24(22)30/h2-11,16-17H,12-15,18H2,1H3,(H,40,41)/b10-8+. The topological polar surface area (TPSA) is 81.2 Å². The number of hydrogen-bond donors (Lipinski definition) is 1. The molecule has 0 fully saturated rings. The number of fused-ring (bicyclic) bond motifs is 1. The monoisotopic (exact) mass is 661 g/mol. The quantitative estimate of drug-likeness (QED) is 0.206. The van der Waals surface area contributed by atoms with E-state index in [9.17, 15) is 39.6 Å². The number of carboxylic acids is 1. The van der Waals surface area contributed by atoms with E-state index in [1.54, 1.807) is 29.0 Å². The minimum Gasteiger partial charge on any atom is -0.480 e. The van der Waals surface area contributed by atoms with Crippen LogP contribution in [0.1, 0.15) is 22.3 Å². The van der Waals surface area contributed by atoms with Gasteiger partial charge >= 0.3 is 18.3 Å². The van der Waals surface area contributed by atoms with Crippen LogP contribution in [0.5, 0.6) is 0 Å². The molecule has 4 rings (SSSR count). The van der Waals surface area contributed by atoms with Gasteiger partial charge in [0.2, 0.25) is 0 Å². The first-order valence-corrected chi connectivity index (χ1v) is 14.8. The van der Waals surface area contributed by atoms with Crippen molar-refractivity contribution in [3.05, 3.63) is 87.9 Å². The van der Waals surface area contributed by atoms with E-state index in [0.717, 1.165) is 34.6 Å². The summed E-state index contributed by atoms with van der Waals surface area (Å²) in [7, 11) is -2.92. The van der Waals surface area contributed by atoms with Gasteiger partial charge in [-0.3, -0.25) is 14.0 Å². The van der Waals surface area contributed by atoms with Gasteiger partial charge in [-0.25, -0.2) is 8.42 Å². The van der Waals surface area contributed by atoms with Gasteiger partial charge in [-0.05, 0) is 55.1 Å². The van der Waals surface area contributed by atoms with E-state index in [1.807, 2.05) is 0 Å². The van der Waals surface area contributed by atoms with Crippen LogP contribution < -0.4 is 9.21 Å². The van der Waals surface area contributed by atoms with E-state index in [4.69, 9.17) is 16.7 Å². The van der Waals surface area contributed by atoms with Crippen molar-refractivity contribution in [1.82, 2.24) is 4.90 Å². The van der Waals surface area contributed by atoms with E-state index < -0.39 is 44.4 Å². The molecule has 0 saturated heterocycles. The third-order valence-electron chi connectivity index (χ3n) is 6.89. The maximum atomic E-state index is 13.7. The molecule has 1 aliphatic heterocycles. The summed E-state index contributed by atoms with van der Waals surface area (Å²) in [6.45, 7) is 0.320. The van der Waals surface area contributed by atoms with Crippen LogP contribution in [0.4, 0.5) is 37.7 Å². The fourth-order valence-electron chi connectivity index (χ4n) is 4.74. The molecule has 0 atom stereocenters. The van der Waals surface area contributed by atoms with Gasteiger partial charge in [-0.1, -0.05) is 42.0 Å². The molecule has 0 bridgehead atoms. The zero-order valence-corrected chi connectivity index (χ0v) is 24.6. The summed E-state index contributed by atoms with van der Waals surface area (Å²) in [6.07, 6.45) is -6.99. The van der Waals surface area contributed by atoms with Crippen LogP contribution in [-0.2, 0) is 27.2 Å². The van der Waals surface area contributed by atoms with Crippen LogP contribution in [0.2, 0.25) is 5.02 Å². The number of alkyl halides is 6. The molecule has 236 valence electrons. The number of anilines is 2. The van der Waals surface area contributed by atoms with Crippen LogP contribution in [-0.4, -0.2) is 64.2 Å². The van der Waals surface area contributed by atoms with Gasteiger partial charge in [-0.2, -0.15) is 26.3 Å². The Bertz CT molecular complexity index is 1680. The molecule has 1 heterocycles. The van der Waals surface area contributed by atoms with E-state index >= 15 is 0 Å². The summed E-state index contributed by atoms with van der Waals surface area (Å²) in [5, 5.41) is 8.89. The molecular formula is C29H26ClF6N3O4S. The first-order chi connectivity index (χ1) is 20.5. The number of nitrogens with zero attached hydrogens (tertiary/aromatic N) is 3. The Morgan fingerprint density at radius 3 is 2.32 bits per heavy atom. The molecule has 0 amide bonds. The Labute approximate surface area is 254 Å². The zero-order valence-electron chi connectivity index (χ0n) is 23.0. The summed E-state index contributed by atoms with van der Waals surface area (Å²) >= 11 is 6.06. The second kappa shape index (κ2) is 12.7. The Morgan fingerprint density at radius 2 is 1.66 bits per heavy atom. The lowest BCUT2D eigenvalue weighted by molar-refractivity contribution is -0.138. The number of aliphatic carboxylic acids is 1. The summed E-state index contributed by atoms with van der Waals surface area (Å²) in [4.78, 5) is 13.8. The Balaban J connectivity index is 1.77. The highest BCUT2D eigenvalue weighted by molar-refractivity contribution is 7.92. The number of rotatable bonds is 9. The van der Waals surface area contributed by atoms with Crippen molar-refractivity contribution in [1.29, 1.82) is 0 Å². The van der Waals surface area contributed by atoms with E-state index in [0.29, 0.717) is 23.9 Å². The van der Waals surface area contributed by atoms with Crippen molar-refractivity contribution in [2.45, 2.75) is 17.2 Å². The Morgan fingerprint density at radius 1 is 0.955 bits per heavy atom. The highest BCUT2D eigenvalue weighted by Gasteiger charge is 2.36. The van der Waals surface area contributed by atoms with Crippen LogP contribution >= 0.6 is 11.6 Å². The number of carbonyl (C=O) groups is 1. The molecule has 0 radical (unpaired) electrons. The summed E-state index contributed by atoms with van der Waals surface area (Å²) < 4.78 is 109. The molecule has 1 aliphatic rings. The minimum absolute atomic E-state index is 0.0897. The summed E-state index contributed by atoms with van der Waals surface area (Å²) in [5.41, 5.74) is -1.63. The molecule has 3 aromatic rings. The van der Waals surface area contributed by atoms with Crippen LogP contribution in [0.25, 0.3) is 12.2 Å². The van der Waals surface area contributed by atoms with Crippen molar-refractivity contribution in [3.63, 3.8) is 0 Å². The third kappa shape index (κ3) is 7.48. The number of likely N-dealkylation sites (N-methyl/N-ethyl adjacent to an activating group) is 1. The maximum absolute atomic E-state index is 13.7. The first kappa shape index (κ1) is 33.1. The van der Waals surface area contributed by atoms with Gasteiger partial charge in [0.05, 0.1) is 40.5 Å². The third-order valence-corrected chi connectivity index (χ3v) is 9.03. The van der Waals surface area contributed by atoms with E-state index in [-0.39, 0.29) is 42.5 Å². The van der Waals surface area contributed by atoms with Gasteiger partial charge in [0, 0.05) is 30.2 Å². The molecular weight excluding hydrogens is 636 g/mol. The molecule has 0 aliphatic carbocycles. The van der Waals surface area contributed by atoms with Crippen molar-refractivity contribution >= 4 is 51.1 Å². The molecule has 0 aromatic heterocycles. The highest BCUT2D eigenvalue weighted by Crippen LogP contribution is 2.40. The van der Waals surface area contributed by atoms with E-state index in [1.165, 1.54) is 24.3 Å². The number of sulfonamides is 1. The largest absolute Gasteiger partial charge is 0.480 e. The fourth-order valence-corrected chi connectivity index (χ4v) is 6.49. The van der Waals surface area contributed by atoms with Crippen molar-refractivity contribution in [3.8, 4) is 0 Å². The molecule has 3 aromatic carbocycles. The average molecular weight is 662 g/mol. The lowest BCUT2D eigenvalue weighted by atomic mass is 10.0. The van der Waals surface area contributed by atoms with Gasteiger partial charge < -0.3 is 10.0 Å². The summed E-state index contributed by atoms with van der Waals surface area (Å²) in [6, 6.07) is 11.2. The first-order valence-electron chi connectivity index (χ1n) is 13.0. The molecule has 0 spiro atoms. The number of hydrogen-bond acceptors (Lipinski definition) is 5. The van der Waals surface area contributed by atoms with Crippen LogP contribution in [0.15, 0.2) is 65.6 Å². The van der Waals surface area contributed by atoms with Gasteiger partial charge in [-0.15, -0.1) is 0 Å². The predicted molar refractivity (Wildman–Crippen MR) is 155 cm³/mol. The SMILES string of the molecule is CN(CCN1CCN(S(=O)(=O)c2cccc(C(F)(F)F)c2)c2cc(/C=C/c3c(Cl)cccc3C(F)(F)F)ccc21)CC(=O)O. The molecule has 1 N–H and O–H groups in total. The van der Waals surface area contributed by atoms with Gasteiger partial charge in [0.15, 0.2) is 0 Å². The lowest BCUT2D eigenvalue weighted by Crippen LogP contribution is -2.46. The fraction of sp³-hybridized carbons (Fsp3) is 0.276. The Kier molecular flexibility index (Phi) is 9.57. The van der Waals surface area contributed by atoms with E-state index in [2.05, 4.69) is 0 Å². The smallest absolute Gasteiger partial charge is 0.417 e. The number of halogens is 7. The number of benzene rings is 3. The molecule has 15 heteroatoms. The second-order valence-electron chi connectivity index (χ2n) is 10.0. The van der Waals surface area contributed by atoms with Gasteiger partial charge in [0.25, 0.3) is 10.0 Å². The second-order valence-corrected chi connectivity index (χ2v) is 12.3. The van der Waals surface area contributed by atoms with Crippen molar-refractivity contribution in [2.24, 2.45) is 0 Å². The van der Waals surface area contributed by atoms with Gasteiger partial charge in [0.1, 0.15) is 0 Å². The highest BCUT2D eigenvalue weighted by atomic mass is 35.5. The molecule has 0 saturated carbocycles. The predicted octanol–water partition coefficient (Wildman–Crippen LogP) is 6.58. The normalized spacial score (nSPS) is 14.4. The zero-order chi connectivity index (χ0) is 32.4. The molecule has 7 nitrogen and oxygen atoms in total. The Hall–Kier alpha value is -3.75. The van der Waals surface area contributed by atoms with Crippen molar-refractivity contribution in [2.75, 3.05) is 49.0 Å². The average Bonchev–Trinajstić information content (AvgIpc) is 2.93. The maximum Gasteiger partial charge on any atom is 0.417 e. The molecule has 44 heavy (non-hydrogen) atoms. The lowest BCUT2D eigenvalue weighted by Gasteiger charge is -2.39. The van der Waals surface area contributed by atoms with Crippen molar-refractivity contribution < 1.29 is 44.7 Å². The summed E-state index contributed by atoms with van der Waals surface area (Å²) in [5.74, 6) is -1.03. The van der Waals surface area contributed by atoms with Crippen LogP contribution in [0.3, 0.4) is 0 Å². The molecule has 0 unspecified atom stereocenters.